The van der Waals surface area contributed by atoms with E-state index in [0.717, 1.165) is 58.0 Å². The van der Waals surface area contributed by atoms with Crippen molar-refractivity contribution < 1.29 is 13.9 Å². The van der Waals surface area contributed by atoms with Crippen LogP contribution in [0.3, 0.4) is 0 Å². The van der Waals surface area contributed by atoms with Crippen LogP contribution in [-0.2, 0) is 29.1 Å². The average Bonchev–Trinajstić information content (AvgIpc) is 3.26. The Balaban J connectivity index is 1.48. The van der Waals surface area contributed by atoms with E-state index in [9.17, 15) is 0 Å². The number of nitrogens with zero attached hydrogens (tertiary/aromatic N) is 3. The van der Waals surface area contributed by atoms with Crippen LogP contribution in [0.4, 0.5) is 0 Å². The number of rotatable bonds is 6. The molecule has 1 unspecified atom stereocenters. The first-order valence-corrected chi connectivity index (χ1v) is 9.19. The molecule has 0 saturated carbocycles. The van der Waals surface area contributed by atoms with E-state index in [2.05, 4.69) is 15.8 Å². The van der Waals surface area contributed by atoms with E-state index in [1.54, 1.807) is 13.4 Å². The van der Waals surface area contributed by atoms with Crippen LogP contribution in [0.5, 0.6) is 0 Å². The monoisotopic (exact) mass is 345 g/mol. The zero-order chi connectivity index (χ0) is 17.1. The number of methoxy groups -OCH3 is 1. The van der Waals surface area contributed by atoms with Crippen LogP contribution in [0.15, 0.2) is 29.0 Å². The Morgan fingerprint density at radius 1 is 1.32 bits per heavy atom. The Morgan fingerprint density at radius 3 is 2.96 bits per heavy atom. The Morgan fingerprint density at radius 2 is 2.20 bits per heavy atom. The van der Waals surface area contributed by atoms with E-state index in [0.29, 0.717) is 18.4 Å². The van der Waals surface area contributed by atoms with Crippen molar-refractivity contribution in [1.29, 1.82) is 0 Å². The second-order valence-corrected chi connectivity index (χ2v) is 7.22. The quantitative estimate of drug-likeness (QED) is 0.806. The van der Waals surface area contributed by atoms with Crippen LogP contribution >= 0.6 is 0 Å². The molecule has 4 rings (SSSR count). The van der Waals surface area contributed by atoms with Crippen molar-refractivity contribution in [2.24, 2.45) is 5.92 Å². The Hall–Kier alpha value is -1.63. The molecule has 0 aliphatic carbocycles. The van der Waals surface area contributed by atoms with Gasteiger partial charge in [0.2, 0.25) is 0 Å². The van der Waals surface area contributed by atoms with Crippen molar-refractivity contribution >= 4 is 0 Å². The maximum atomic E-state index is 5.52. The predicted octanol–water partition coefficient (Wildman–Crippen LogP) is 2.65. The van der Waals surface area contributed by atoms with E-state index in [1.807, 2.05) is 12.1 Å². The maximum Gasteiger partial charge on any atom is 0.117 e. The second-order valence-electron chi connectivity index (χ2n) is 7.22. The lowest BCUT2D eigenvalue weighted by atomic mass is 9.97. The van der Waals surface area contributed by atoms with E-state index < -0.39 is 0 Å². The highest BCUT2D eigenvalue weighted by Crippen LogP contribution is 2.29. The molecule has 2 aromatic heterocycles. The molecule has 6 nitrogen and oxygen atoms in total. The number of fused-ring (bicyclic) bond motifs is 1. The third kappa shape index (κ3) is 3.97. The molecular weight excluding hydrogens is 318 g/mol. The SMILES string of the molecule is COCC1CN(Cc2ccco2)Cc2cn(CC3CCOCC3)nc21. The van der Waals surface area contributed by atoms with Crippen LogP contribution in [-0.4, -0.2) is 48.2 Å². The topological polar surface area (TPSA) is 52.7 Å². The summed E-state index contributed by atoms with van der Waals surface area (Å²) < 4.78 is 18.6. The minimum Gasteiger partial charge on any atom is -0.468 e. The minimum atomic E-state index is 0.319. The molecule has 2 aliphatic heterocycles. The van der Waals surface area contributed by atoms with Gasteiger partial charge in [0.05, 0.1) is 25.1 Å². The van der Waals surface area contributed by atoms with Gasteiger partial charge >= 0.3 is 0 Å². The fourth-order valence-corrected chi connectivity index (χ4v) is 4.01. The number of hydrogen-bond acceptors (Lipinski definition) is 5. The van der Waals surface area contributed by atoms with Crippen molar-refractivity contribution in [2.75, 3.05) is 33.5 Å². The molecule has 2 aromatic rings. The van der Waals surface area contributed by atoms with Crippen molar-refractivity contribution in [2.45, 2.75) is 38.4 Å². The first-order valence-electron chi connectivity index (χ1n) is 9.19. The number of ether oxygens (including phenoxy) is 2. The van der Waals surface area contributed by atoms with Gasteiger partial charge in [0.15, 0.2) is 0 Å². The lowest BCUT2D eigenvalue weighted by Crippen LogP contribution is -2.34. The zero-order valence-corrected chi connectivity index (χ0v) is 14.9. The van der Waals surface area contributed by atoms with Crippen molar-refractivity contribution in [3.8, 4) is 0 Å². The van der Waals surface area contributed by atoms with Gasteiger partial charge in [0.1, 0.15) is 5.76 Å². The van der Waals surface area contributed by atoms with Crippen LogP contribution in [0, 0.1) is 5.92 Å². The zero-order valence-electron chi connectivity index (χ0n) is 14.9. The third-order valence-electron chi connectivity index (χ3n) is 5.24. The van der Waals surface area contributed by atoms with Gasteiger partial charge in [-0.25, -0.2) is 0 Å². The summed E-state index contributed by atoms with van der Waals surface area (Å²) in [6.45, 7) is 6.17. The molecular formula is C19H27N3O3. The number of hydrogen-bond donors (Lipinski definition) is 0. The maximum absolute atomic E-state index is 5.52. The van der Waals surface area contributed by atoms with Gasteiger partial charge in [-0.2, -0.15) is 5.10 Å². The average molecular weight is 345 g/mol. The molecule has 0 spiro atoms. The van der Waals surface area contributed by atoms with Gasteiger partial charge in [-0.3, -0.25) is 9.58 Å². The third-order valence-corrected chi connectivity index (χ3v) is 5.24. The van der Waals surface area contributed by atoms with E-state index >= 15 is 0 Å². The highest BCUT2D eigenvalue weighted by molar-refractivity contribution is 5.25. The smallest absolute Gasteiger partial charge is 0.117 e. The summed E-state index contributed by atoms with van der Waals surface area (Å²) in [5, 5.41) is 4.92. The van der Waals surface area contributed by atoms with Gasteiger partial charge in [-0.15, -0.1) is 0 Å². The summed E-state index contributed by atoms with van der Waals surface area (Å²) >= 11 is 0. The molecule has 0 N–H and O–H groups in total. The standard InChI is InChI=1S/C19H27N3O3/c1-23-14-17-11-21(13-18-3-2-6-25-18)10-16-12-22(20-19(16)17)9-15-4-7-24-8-5-15/h2-3,6,12,15,17H,4-5,7-11,13-14H2,1H3. The fraction of sp³-hybridized carbons (Fsp3) is 0.632. The summed E-state index contributed by atoms with van der Waals surface area (Å²) in [6, 6.07) is 3.98. The molecule has 6 heteroatoms. The van der Waals surface area contributed by atoms with Crippen molar-refractivity contribution in [3.05, 3.63) is 41.6 Å². The lowest BCUT2D eigenvalue weighted by Gasteiger charge is -2.30. The van der Waals surface area contributed by atoms with Crippen LogP contribution in [0.25, 0.3) is 0 Å². The molecule has 0 bridgehead atoms. The molecule has 136 valence electrons. The fourth-order valence-electron chi connectivity index (χ4n) is 4.01. The Labute approximate surface area is 148 Å². The molecule has 25 heavy (non-hydrogen) atoms. The molecule has 0 amide bonds. The summed E-state index contributed by atoms with van der Waals surface area (Å²) in [7, 11) is 1.77. The van der Waals surface area contributed by atoms with Crippen LogP contribution in [0.2, 0.25) is 0 Å². The molecule has 0 radical (unpaired) electrons. The van der Waals surface area contributed by atoms with Crippen molar-refractivity contribution in [3.63, 3.8) is 0 Å². The van der Waals surface area contributed by atoms with Crippen LogP contribution < -0.4 is 0 Å². The van der Waals surface area contributed by atoms with E-state index in [-0.39, 0.29) is 0 Å². The summed E-state index contributed by atoms with van der Waals surface area (Å²) in [4.78, 5) is 2.42. The molecule has 1 atom stereocenters. The summed E-state index contributed by atoms with van der Waals surface area (Å²) in [5.41, 5.74) is 2.54. The molecule has 1 fully saturated rings. The highest BCUT2D eigenvalue weighted by atomic mass is 16.5. The molecule has 1 saturated heterocycles. The number of aromatic nitrogens is 2. The predicted molar refractivity (Wildman–Crippen MR) is 93.2 cm³/mol. The van der Waals surface area contributed by atoms with Gasteiger partial charge in [-0.1, -0.05) is 0 Å². The molecule has 0 aromatic carbocycles. The first-order chi connectivity index (χ1) is 12.3. The minimum absolute atomic E-state index is 0.319. The highest BCUT2D eigenvalue weighted by Gasteiger charge is 2.29. The van der Waals surface area contributed by atoms with Gasteiger partial charge < -0.3 is 13.9 Å². The Bertz CT molecular complexity index is 662. The van der Waals surface area contributed by atoms with E-state index in [1.165, 1.54) is 11.3 Å². The largest absolute Gasteiger partial charge is 0.468 e. The van der Waals surface area contributed by atoms with E-state index in [4.69, 9.17) is 19.0 Å². The van der Waals surface area contributed by atoms with Gasteiger partial charge in [0, 0.05) is 57.6 Å². The van der Waals surface area contributed by atoms with Crippen molar-refractivity contribution in [1.82, 2.24) is 14.7 Å². The normalized spacial score (nSPS) is 22.2. The summed E-state index contributed by atoms with van der Waals surface area (Å²) in [5.74, 6) is 2.00. The van der Waals surface area contributed by atoms with Gasteiger partial charge in [0.25, 0.3) is 0 Å². The number of furan rings is 1. The van der Waals surface area contributed by atoms with Crippen LogP contribution in [0.1, 0.15) is 35.8 Å². The van der Waals surface area contributed by atoms with Gasteiger partial charge in [-0.05, 0) is 30.9 Å². The second kappa shape index (κ2) is 7.72. The molecule has 2 aliphatic rings. The first kappa shape index (κ1) is 16.8. The lowest BCUT2D eigenvalue weighted by molar-refractivity contribution is 0.0601. The Kier molecular flexibility index (Phi) is 5.20. The summed E-state index contributed by atoms with van der Waals surface area (Å²) in [6.07, 6.45) is 6.25. The molecule has 4 heterocycles.